The molecule has 2 fully saturated rings. The summed E-state index contributed by atoms with van der Waals surface area (Å²) in [5.41, 5.74) is 4.07. The monoisotopic (exact) mass is 356 g/mol. The summed E-state index contributed by atoms with van der Waals surface area (Å²) in [4.78, 5) is 14.2. The number of amides is 1. The maximum Gasteiger partial charge on any atom is 0.221 e. The van der Waals surface area contributed by atoms with E-state index in [0.717, 1.165) is 30.3 Å². The first-order chi connectivity index (χ1) is 12.6. The number of carbonyl (C=O) groups excluding carboxylic acids is 1. The molecule has 1 heterocycles. The number of benzene rings is 1. The maximum absolute atomic E-state index is 11.5. The van der Waals surface area contributed by atoms with Gasteiger partial charge in [-0.2, -0.15) is 0 Å². The van der Waals surface area contributed by atoms with Crippen LogP contribution in [0.15, 0.2) is 12.1 Å². The van der Waals surface area contributed by atoms with Crippen LogP contribution in [0.5, 0.6) is 5.75 Å². The lowest BCUT2D eigenvalue weighted by molar-refractivity contribution is -0.114. The van der Waals surface area contributed by atoms with E-state index in [1.165, 1.54) is 62.7 Å². The Labute approximate surface area is 157 Å². The third kappa shape index (κ3) is 3.48. The molecule has 1 aromatic rings. The van der Waals surface area contributed by atoms with Gasteiger partial charge < -0.3 is 15.0 Å². The molecule has 1 spiro atoms. The normalized spacial score (nSPS) is 28.3. The summed E-state index contributed by atoms with van der Waals surface area (Å²) in [5, 5.41) is 2.94. The summed E-state index contributed by atoms with van der Waals surface area (Å²) in [5.74, 6) is 0.957. The van der Waals surface area contributed by atoms with Crippen LogP contribution in [0.3, 0.4) is 0 Å². The Morgan fingerprint density at radius 2 is 1.96 bits per heavy atom. The summed E-state index contributed by atoms with van der Waals surface area (Å²) >= 11 is 0. The molecule has 1 saturated carbocycles. The minimum absolute atomic E-state index is 0.0220. The number of nitrogens with zero attached hydrogens (tertiary/aromatic N) is 1. The molecule has 4 nitrogen and oxygen atoms in total. The highest BCUT2D eigenvalue weighted by atomic mass is 16.5. The van der Waals surface area contributed by atoms with Gasteiger partial charge in [0.1, 0.15) is 5.75 Å². The molecular weight excluding hydrogens is 324 g/mol. The Morgan fingerprint density at radius 1 is 1.23 bits per heavy atom. The minimum atomic E-state index is -0.0220. The number of anilines is 1. The van der Waals surface area contributed by atoms with E-state index in [2.05, 4.69) is 16.3 Å². The van der Waals surface area contributed by atoms with Crippen LogP contribution in [0.4, 0.5) is 5.69 Å². The van der Waals surface area contributed by atoms with E-state index in [9.17, 15) is 4.79 Å². The topological polar surface area (TPSA) is 41.6 Å². The first-order valence-corrected chi connectivity index (χ1v) is 10.4. The summed E-state index contributed by atoms with van der Waals surface area (Å²) in [6.45, 7) is 6.89. The van der Waals surface area contributed by atoms with Crippen LogP contribution in [0.25, 0.3) is 0 Å². The molecule has 0 radical (unpaired) electrons. The molecule has 1 N–H and O–H groups in total. The highest BCUT2D eigenvalue weighted by molar-refractivity contribution is 5.89. The molecule has 0 unspecified atom stereocenters. The Balaban J connectivity index is 1.50. The van der Waals surface area contributed by atoms with Crippen molar-refractivity contribution >= 4 is 11.6 Å². The average Bonchev–Trinajstić information content (AvgIpc) is 3.24. The van der Waals surface area contributed by atoms with Gasteiger partial charge in [0.15, 0.2) is 0 Å². The van der Waals surface area contributed by atoms with Gasteiger partial charge in [-0.15, -0.1) is 0 Å². The fourth-order valence-corrected chi connectivity index (χ4v) is 5.50. The summed E-state index contributed by atoms with van der Waals surface area (Å²) in [6.07, 6.45) is 10.4. The molecule has 1 amide bonds. The van der Waals surface area contributed by atoms with Crippen molar-refractivity contribution in [1.29, 1.82) is 0 Å². The van der Waals surface area contributed by atoms with Crippen molar-refractivity contribution in [3.63, 3.8) is 0 Å². The minimum Gasteiger partial charge on any atom is -0.494 e. The second kappa shape index (κ2) is 7.22. The van der Waals surface area contributed by atoms with Crippen molar-refractivity contribution < 1.29 is 9.53 Å². The SMILES string of the molecule is CCOc1cc(NC(C)=O)cc2c1CC1(CCC(N3CCCC3)CC1)C2. The number of ether oxygens (including phenoxy) is 1. The van der Waals surface area contributed by atoms with Crippen LogP contribution in [-0.2, 0) is 17.6 Å². The zero-order chi connectivity index (χ0) is 18.1. The Bertz CT molecular complexity index is 671. The third-order valence-electron chi connectivity index (χ3n) is 6.71. The molecular formula is C22H32N2O2. The predicted molar refractivity (Wildman–Crippen MR) is 105 cm³/mol. The molecule has 1 aromatic carbocycles. The van der Waals surface area contributed by atoms with Gasteiger partial charge in [0.05, 0.1) is 6.61 Å². The van der Waals surface area contributed by atoms with Gasteiger partial charge in [0.25, 0.3) is 0 Å². The summed E-state index contributed by atoms with van der Waals surface area (Å²) < 4.78 is 5.95. The molecule has 0 aromatic heterocycles. The standard InChI is InChI=1S/C22H32N2O2/c1-3-26-21-13-18(23-16(2)25)12-17-14-22(15-20(17)21)8-6-19(7-9-22)24-10-4-5-11-24/h12-13,19H,3-11,14-15H2,1-2H3,(H,23,25). The van der Waals surface area contributed by atoms with E-state index >= 15 is 0 Å². The Hall–Kier alpha value is -1.55. The van der Waals surface area contributed by atoms with Gasteiger partial charge >= 0.3 is 0 Å². The maximum atomic E-state index is 11.5. The first-order valence-electron chi connectivity index (χ1n) is 10.4. The quantitative estimate of drug-likeness (QED) is 0.880. The number of fused-ring (bicyclic) bond motifs is 1. The van der Waals surface area contributed by atoms with Crippen molar-refractivity contribution in [1.82, 2.24) is 4.90 Å². The van der Waals surface area contributed by atoms with Gasteiger partial charge in [-0.1, -0.05) is 0 Å². The van der Waals surface area contributed by atoms with Crippen LogP contribution < -0.4 is 10.1 Å². The number of hydrogen-bond acceptors (Lipinski definition) is 3. The van der Waals surface area contributed by atoms with Crippen molar-refractivity contribution in [2.75, 3.05) is 25.0 Å². The fraction of sp³-hybridized carbons (Fsp3) is 0.682. The van der Waals surface area contributed by atoms with Crippen molar-refractivity contribution in [3.05, 3.63) is 23.3 Å². The molecule has 3 aliphatic rings. The zero-order valence-corrected chi connectivity index (χ0v) is 16.3. The van der Waals surface area contributed by atoms with Gasteiger partial charge in [-0.05, 0) is 94.0 Å². The van der Waals surface area contributed by atoms with Crippen molar-refractivity contribution in [2.45, 2.75) is 71.3 Å². The lowest BCUT2D eigenvalue weighted by Gasteiger charge is -2.40. The number of rotatable bonds is 4. The fourth-order valence-electron chi connectivity index (χ4n) is 5.50. The van der Waals surface area contributed by atoms with Crippen molar-refractivity contribution in [2.24, 2.45) is 5.41 Å². The molecule has 4 rings (SSSR count). The molecule has 1 aliphatic heterocycles. The smallest absolute Gasteiger partial charge is 0.221 e. The second-order valence-electron chi connectivity index (χ2n) is 8.55. The molecule has 1 saturated heterocycles. The second-order valence-corrected chi connectivity index (χ2v) is 8.55. The molecule has 4 heteroatoms. The van der Waals surface area contributed by atoms with Crippen LogP contribution >= 0.6 is 0 Å². The molecule has 0 atom stereocenters. The van der Waals surface area contributed by atoms with Crippen LogP contribution in [0.2, 0.25) is 0 Å². The number of hydrogen-bond donors (Lipinski definition) is 1. The van der Waals surface area contributed by atoms with Gasteiger partial charge in [-0.3, -0.25) is 4.79 Å². The van der Waals surface area contributed by atoms with Gasteiger partial charge in [0.2, 0.25) is 5.91 Å². The summed E-state index contributed by atoms with van der Waals surface area (Å²) in [6, 6.07) is 5.01. The number of carbonyl (C=O) groups is 1. The lowest BCUT2D eigenvalue weighted by Crippen LogP contribution is -2.39. The lowest BCUT2D eigenvalue weighted by atomic mass is 9.70. The van der Waals surface area contributed by atoms with E-state index in [1.54, 1.807) is 6.92 Å². The zero-order valence-electron chi connectivity index (χ0n) is 16.3. The molecule has 0 bridgehead atoms. The van der Waals surface area contributed by atoms with E-state index in [4.69, 9.17) is 4.74 Å². The first kappa shape index (κ1) is 17.8. The largest absolute Gasteiger partial charge is 0.494 e. The Kier molecular flexibility index (Phi) is 4.96. The summed E-state index contributed by atoms with van der Waals surface area (Å²) in [7, 11) is 0. The van der Waals surface area contributed by atoms with Crippen LogP contribution in [0.1, 0.15) is 63.5 Å². The average molecular weight is 357 g/mol. The van der Waals surface area contributed by atoms with E-state index < -0.39 is 0 Å². The third-order valence-corrected chi connectivity index (χ3v) is 6.71. The van der Waals surface area contributed by atoms with Gasteiger partial charge in [-0.25, -0.2) is 0 Å². The number of likely N-dealkylation sites (tertiary alicyclic amines) is 1. The van der Waals surface area contributed by atoms with E-state index in [1.807, 2.05) is 13.0 Å². The predicted octanol–water partition coefficient (Wildman–Crippen LogP) is 4.17. The van der Waals surface area contributed by atoms with E-state index in [-0.39, 0.29) is 5.91 Å². The highest BCUT2D eigenvalue weighted by Gasteiger charge is 2.42. The van der Waals surface area contributed by atoms with Crippen molar-refractivity contribution in [3.8, 4) is 5.75 Å². The molecule has 2 aliphatic carbocycles. The molecule has 142 valence electrons. The molecule has 26 heavy (non-hydrogen) atoms. The van der Waals surface area contributed by atoms with Crippen LogP contribution in [0, 0.1) is 5.41 Å². The van der Waals surface area contributed by atoms with Gasteiger partial charge in [0, 0.05) is 24.7 Å². The van der Waals surface area contributed by atoms with Crippen LogP contribution in [-0.4, -0.2) is 36.5 Å². The highest BCUT2D eigenvalue weighted by Crippen LogP contribution is 2.51. The van der Waals surface area contributed by atoms with E-state index in [0.29, 0.717) is 12.0 Å². The number of nitrogens with one attached hydrogen (secondary N) is 1. The Morgan fingerprint density at radius 3 is 2.62 bits per heavy atom.